The highest BCUT2D eigenvalue weighted by Crippen LogP contribution is 2.40. The normalized spacial score (nSPS) is 17.8. The van der Waals surface area contributed by atoms with E-state index in [-0.39, 0.29) is 6.04 Å². The molecule has 1 fully saturated rings. The largest absolute Gasteiger partial charge is 0.322 e. The zero-order chi connectivity index (χ0) is 19.7. The highest BCUT2D eigenvalue weighted by atomic mass is 32.2. The summed E-state index contributed by atoms with van der Waals surface area (Å²) in [5.41, 5.74) is 1.13. The fraction of sp³-hybridized carbons (Fsp3) is 0.471. The maximum atomic E-state index is 12.0. The third-order valence-corrected chi connectivity index (χ3v) is 7.42. The van der Waals surface area contributed by atoms with Gasteiger partial charge >= 0.3 is 0 Å². The minimum absolute atomic E-state index is 0.0138. The number of rotatable bonds is 5. The molecule has 2 aromatic rings. The van der Waals surface area contributed by atoms with Crippen LogP contribution in [0.4, 0.5) is 11.6 Å². The molecule has 2 aliphatic rings. The fourth-order valence-electron chi connectivity index (χ4n) is 3.23. The van der Waals surface area contributed by atoms with Crippen LogP contribution in [0.5, 0.6) is 0 Å². The Bertz CT molecular complexity index is 960. The molecule has 0 aliphatic carbocycles. The first-order valence-corrected chi connectivity index (χ1v) is 11.3. The molecule has 28 heavy (non-hydrogen) atoms. The van der Waals surface area contributed by atoms with E-state index in [1.54, 1.807) is 24.2 Å². The molecule has 0 unspecified atom stereocenters. The zero-order valence-corrected chi connectivity index (χ0v) is 17.4. The molecular formula is C17H23N7O2S2. The SMILES string of the molecule is CN(C)S(=O)(=O)NC1CCN(Cc2cnc3c(c2)Sc2nccnc2N3)CC1. The Labute approximate surface area is 169 Å². The maximum absolute atomic E-state index is 12.0. The predicted octanol–water partition coefficient (Wildman–Crippen LogP) is 1.44. The van der Waals surface area contributed by atoms with Gasteiger partial charge in [0.1, 0.15) is 10.8 Å². The van der Waals surface area contributed by atoms with E-state index < -0.39 is 10.2 Å². The molecule has 1 saturated heterocycles. The predicted molar refractivity (Wildman–Crippen MR) is 108 cm³/mol. The van der Waals surface area contributed by atoms with Crippen LogP contribution in [0, 0.1) is 0 Å². The van der Waals surface area contributed by atoms with Crippen LogP contribution in [0.25, 0.3) is 0 Å². The molecular weight excluding hydrogens is 398 g/mol. The zero-order valence-electron chi connectivity index (χ0n) is 15.8. The van der Waals surface area contributed by atoms with E-state index in [1.165, 1.54) is 18.4 Å². The number of nitrogens with one attached hydrogen (secondary N) is 2. The number of pyridine rings is 1. The Morgan fingerprint density at radius 1 is 1.21 bits per heavy atom. The van der Waals surface area contributed by atoms with E-state index in [1.807, 2.05) is 6.20 Å². The molecule has 0 bridgehead atoms. The van der Waals surface area contributed by atoms with Gasteiger partial charge in [-0.05, 0) is 24.5 Å². The van der Waals surface area contributed by atoms with Crippen molar-refractivity contribution in [3.8, 4) is 0 Å². The Hall–Kier alpha value is -1.79. The monoisotopic (exact) mass is 421 g/mol. The summed E-state index contributed by atoms with van der Waals surface area (Å²) in [7, 11) is -0.297. The summed E-state index contributed by atoms with van der Waals surface area (Å²) in [6.45, 7) is 2.48. The van der Waals surface area contributed by atoms with Gasteiger partial charge in [0.25, 0.3) is 10.2 Å². The second-order valence-corrected chi connectivity index (χ2v) is 10.0. The number of nitrogens with zero attached hydrogens (tertiary/aromatic N) is 5. The summed E-state index contributed by atoms with van der Waals surface area (Å²) < 4.78 is 27.9. The number of piperidine rings is 1. The van der Waals surface area contributed by atoms with Crippen molar-refractivity contribution in [2.75, 3.05) is 32.5 Å². The van der Waals surface area contributed by atoms with Gasteiger partial charge in [-0.25, -0.2) is 15.0 Å². The molecule has 2 aromatic heterocycles. The minimum atomic E-state index is -3.37. The number of hydrogen-bond acceptors (Lipinski definition) is 8. The lowest BCUT2D eigenvalue weighted by atomic mass is 10.1. The van der Waals surface area contributed by atoms with Crippen molar-refractivity contribution in [2.45, 2.75) is 35.3 Å². The van der Waals surface area contributed by atoms with Crippen molar-refractivity contribution in [3.05, 3.63) is 30.2 Å². The number of likely N-dealkylation sites (tertiary alicyclic amines) is 1. The first kappa shape index (κ1) is 19.5. The molecule has 4 rings (SSSR count). The van der Waals surface area contributed by atoms with Crippen LogP contribution in [-0.2, 0) is 16.8 Å². The van der Waals surface area contributed by atoms with Gasteiger partial charge in [-0.1, -0.05) is 11.8 Å². The molecule has 0 saturated carbocycles. The van der Waals surface area contributed by atoms with Gasteiger partial charge in [-0.2, -0.15) is 17.4 Å². The number of hydrogen-bond donors (Lipinski definition) is 2. The minimum Gasteiger partial charge on any atom is -0.322 e. The van der Waals surface area contributed by atoms with E-state index in [4.69, 9.17) is 0 Å². The molecule has 0 radical (unpaired) electrons. The molecule has 0 amide bonds. The van der Waals surface area contributed by atoms with Crippen molar-refractivity contribution in [3.63, 3.8) is 0 Å². The standard InChI is InChI=1S/C17H23N7O2S2/c1-23(2)28(25,26)22-13-3-7-24(8-4-13)11-12-9-14-15(20-10-12)21-16-17(27-14)19-6-5-18-16/h5-6,9-10,13,22H,3-4,7-8,11H2,1-2H3,(H,18,20,21). The van der Waals surface area contributed by atoms with E-state index in [9.17, 15) is 8.42 Å². The van der Waals surface area contributed by atoms with Gasteiger partial charge in [0.05, 0.1) is 4.90 Å². The van der Waals surface area contributed by atoms with Crippen LogP contribution in [0.15, 0.2) is 34.6 Å². The van der Waals surface area contributed by atoms with Crippen LogP contribution >= 0.6 is 11.8 Å². The quantitative estimate of drug-likeness (QED) is 0.638. The fourth-order valence-corrected chi connectivity index (χ4v) is 5.03. The molecule has 150 valence electrons. The van der Waals surface area contributed by atoms with Crippen molar-refractivity contribution in [1.29, 1.82) is 0 Å². The average Bonchev–Trinajstić information content (AvgIpc) is 2.67. The highest BCUT2D eigenvalue weighted by Gasteiger charge is 2.25. The van der Waals surface area contributed by atoms with Crippen LogP contribution < -0.4 is 10.0 Å². The van der Waals surface area contributed by atoms with Crippen LogP contribution in [0.1, 0.15) is 18.4 Å². The van der Waals surface area contributed by atoms with Gasteiger partial charge in [0.2, 0.25) is 0 Å². The van der Waals surface area contributed by atoms with Crippen molar-refractivity contribution >= 4 is 33.6 Å². The summed E-state index contributed by atoms with van der Waals surface area (Å²) in [6, 6.07) is 2.12. The summed E-state index contributed by atoms with van der Waals surface area (Å²) in [6.07, 6.45) is 6.82. The second kappa shape index (κ2) is 7.91. The van der Waals surface area contributed by atoms with Gasteiger partial charge < -0.3 is 5.32 Å². The van der Waals surface area contributed by atoms with E-state index in [2.05, 4.69) is 36.0 Å². The molecule has 0 spiro atoms. The summed E-state index contributed by atoms with van der Waals surface area (Å²) in [4.78, 5) is 16.6. The van der Waals surface area contributed by atoms with E-state index >= 15 is 0 Å². The molecule has 11 heteroatoms. The Balaban J connectivity index is 1.35. The smallest absolute Gasteiger partial charge is 0.279 e. The van der Waals surface area contributed by atoms with Gasteiger partial charge in [-0.3, -0.25) is 4.90 Å². The van der Waals surface area contributed by atoms with Crippen LogP contribution in [0.3, 0.4) is 0 Å². The number of fused-ring (bicyclic) bond motifs is 2. The average molecular weight is 422 g/mol. The van der Waals surface area contributed by atoms with Gasteiger partial charge in [0, 0.05) is 58.4 Å². The topological polar surface area (TPSA) is 103 Å². The van der Waals surface area contributed by atoms with Crippen molar-refractivity contribution < 1.29 is 8.42 Å². The van der Waals surface area contributed by atoms with Crippen LogP contribution in [-0.4, -0.2) is 65.8 Å². The lowest BCUT2D eigenvalue weighted by Gasteiger charge is -2.32. The Morgan fingerprint density at radius 2 is 1.96 bits per heavy atom. The van der Waals surface area contributed by atoms with E-state index in [0.717, 1.165) is 59.6 Å². The number of aromatic nitrogens is 3. The Morgan fingerprint density at radius 3 is 2.71 bits per heavy atom. The molecule has 4 heterocycles. The summed E-state index contributed by atoms with van der Waals surface area (Å²) >= 11 is 1.57. The lowest BCUT2D eigenvalue weighted by Crippen LogP contribution is -2.47. The third kappa shape index (κ3) is 4.28. The Kier molecular flexibility index (Phi) is 5.52. The molecule has 9 nitrogen and oxygen atoms in total. The second-order valence-electron chi connectivity index (χ2n) is 7.08. The summed E-state index contributed by atoms with van der Waals surface area (Å²) in [5.74, 6) is 1.54. The number of anilines is 2. The van der Waals surface area contributed by atoms with Crippen molar-refractivity contribution in [1.82, 2.24) is 28.9 Å². The van der Waals surface area contributed by atoms with Gasteiger partial charge in [-0.15, -0.1) is 0 Å². The van der Waals surface area contributed by atoms with Gasteiger partial charge in [0.15, 0.2) is 5.82 Å². The molecule has 0 atom stereocenters. The van der Waals surface area contributed by atoms with Crippen molar-refractivity contribution in [2.24, 2.45) is 0 Å². The molecule has 2 N–H and O–H groups in total. The first-order valence-electron chi connectivity index (χ1n) is 9.07. The first-order chi connectivity index (χ1) is 13.4. The lowest BCUT2D eigenvalue weighted by molar-refractivity contribution is 0.199. The maximum Gasteiger partial charge on any atom is 0.279 e. The molecule has 2 aliphatic heterocycles. The third-order valence-electron chi connectivity index (χ3n) is 4.81. The summed E-state index contributed by atoms with van der Waals surface area (Å²) in [5, 5.41) is 4.07. The highest BCUT2D eigenvalue weighted by molar-refractivity contribution is 7.99. The van der Waals surface area contributed by atoms with Crippen LogP contribution in [0.2, 0.25) is 0 Å². The molecule has 0 aromatic carbocycles. The van der Waals surface area contributed by atoms with E-state index in [0.29, 0.717) is 0 Å².